The molecule has 0 aliphatic carbocycles. The Bertz CT molecular complexity index is 1210. The highest BCUT2D eigenvalue weighted by Gasteiger charge is 2.18. The Morgan fingerprint density at radius 3 is 2.57 bits per heavy atom. The number of benzene rings is 2. The fraction of sp³-hybridized carbons (Fsp3) is 0.105. The van der Waals surface area contributed by atoms with Gasteiger partial charge in [-0.1, -0.05) is 41.4 Å². The van der Waals surface area contributed by atoms with E-state index in [0.717, 1.165) is 17.2 Å². The summed E-state index contributed by atoms with van der Waals surface area (Å²) in [5, 5.41) is 9.63. The van der Waals surface area contributed by atoms with Crippen LogP contribution in [0.3, 0.4) is 0 Å². The zero-order valence-corrected chi connectivity index (χ0v) is 18.0. The Balaban J connectivity index is 1.60. The number of aromatic nitrogens is 1. The molecule has 1 aromatic heterocycles. The van der Waals surface area contributed by atoms with Crippen molar-refractivity contribution in [1.29, 1.82) is 0 Å². The minimum Gasteiger partial charge on any atom is -0.452 e. The number of amides is 1. The number of primary sulfonamides is 1. The first-order chi connectivity index (χ1) is 14.1. The average Bonchev–Trinajstić information content (AvgIpc) is 3.14. The van der Waals surface area contributed by atoms with Crippen molar-refractivity contribution in [1.82, 2.24) is 4.98 Å². The van der Waals surface area contributed by atoms with Gasteiger partial charge < -0.3 is 4.74 Å². The number of thiazole rings is 1. The van der Waals surface area contributed by atoms with E-state index in [4.69, 9.17) is 21.5 Å². The summed E-state index contributed by atoms with van der Waals surface area (Å²) < 4.78 is 27.9. The molecule has 3 rings (SSSR count). The van der Waals surface area contributed by atoms with E-state index in [0.29, 0.717) is 10.8 Å². The van der Waals surface area contributed by atoms with Gasteiger partial charge in [0.05, 0.1) is 16.3 Å². The van der Waals surface area contributed by atoms with Crippen LogP contribution >= 0.6 is 22.9 Å². The molecule has 3 N–H and O–H groups in total. The monoisotopic (exact) mass is 465 g/mol. The van der Waals surface area contributed by atoms with Gasteiger partial charge in [0, 0.05) is 10.9 Å². The van der Waals surface area contributed by atoms with Crippen LogP contribution in [0.15, 0.2) is 52.7 Å². The molecule has 0 radical (unpaired) electrons. The number of ether oxygens (including phenoxy) is 1. The quantitative estimate of drug-likeness (QED) is 0.538. The summed E-state index contributed by atoms with van der Waals surface area (Å²) in [7, 11) is -4.11. The van der Waals surface area contributed by atoms with E-state index in [1.807, 2.05) is 31.2 Å². The molecule has 0 saturated heterocycles. The Morgan fingerprint density at radius 1 is 1.20 bits per heavy atom. The normalized spacial score (nSPS) is 11.2. The van der Waals surface area contributed by atoms with Crippen molar-refractivity contribution >= 4 is 50.0 Å². The van der Waals surface area contributed by atoms with Crippen LogP contribution < -0.4 is 10.5 Å². The Kier molecular flexibility index (Phi) is 6.52. The van der Waals surface area contributed by atoms with Gasteiger partial charge in [-0.05, 0) is 25.1 Å². The third-order valence-corrected chi connectivity index (χ3v) is 6.06. The number of esters is 1. The van der Waals surface area contributed by atoms with E-state index in [9.17, 15) is 18.0 Å². The summed E-state index contributed by atoms with van der Waals surface area (Å²) in [6, 6.07) is 11.3. The van der Waals surface area contributed by atoms with E-state index >= 15 is 0 Å². The molecule has 0 fully saturated rings. The largest absolute Gasteiger partial charge is 0.452 e. The molecule has 0 saturated carbocycles. The van der Waals surface area contributed by atoms with E-state index in [2.05, 4.69) is 10.3 Å². The number of hydrogen-bond donors (Lipinski definition) is 2. The first-order valence-corrected chi connectivity index (χ1v) is 11.3. The van der Waals surface area contributed by atoms with Gasteiger partial charge in [-0.15, -0.1) is 11.3 Å². The number of carbonyl (C=O) groups is 2. The standard InChI is InChI=1S/C19H16ClN3O5S2/c1-11-2-4-12(5-3-11)15-10-29-19(22-15)23-17(24)9-28-18(25)13-6-7-14(20)16(8-13)30(21,26)27/h2-8,10H,9H2,1H3,(H2,21,26,27)(H,22,23,24). The highest BCUT2D eigenvalue weighted by atomic mass is 35.5. The van der Waals surface area contributed by atoms with Crippen LogP contribution in [0, 0.1) is 6.92 Å². The summed E-state index contributed by atoms with van der Waals surface area (Å²) in [5.41, 5.74) is 2.65. The van der Waals surface area contributed by atoms with Gasteiger partial charge in [-0.25, -0.2) is 23.3 Å². The number of halogens is 1. The van der Waals surface area contributed by atoms with Gasteiger partial charge in [0.25, 0.3) is 5.91 Å². The summed E-state index contributed by atoms with van der Waals surface area (Å²) in [6.07, 6.45) is 0. The lowest BCUT2D eigenvalue weighted by Gasteiger charge is -2.07. The minimum atomic E-state index is -4.11. The third kappa shape index (κ3) is 5.42. The molecular weight excluding hydrogens is 450 g/mol. The zero-order valence-electron chi connectivity index (χ0n) is 15.6. The molecule has 0 bridgehead atoms. The van der Waals surface area contributed by atoms with Crippen LogP contribution in [0.1, 0.15) is 15.9 Å². The third-order valence-electron chi connectivity index (χ3n) is 3.91. The molecule has 3 aromatic rings. The predicted octanol–water partition coefficient (Wildman–Crippen LogP) is 3.21. The maximum absolute atomic E-state index is 12.1. The second kappa shape index (κ2) is 8.92. The van der Waals surface area contributed by atoms with Gasteiger partial charge in [0.2, 0.25) is 10.0 Å². The van der Waals surface area contributed by atoms with Crippen molar-refractivity contribution < 1.29 is 22.7 Å². The first-order valence-electron chi connectivity index (χ1n) is 8.45. The molecule has 30 heavy (non-hydrogen) atoms. The molecule has 2 aromatic carbocycles. The number of sulfonamides is 1. The number of nitrogens with two attached hydrogens (primary N) is 1. The summed E-state index contributed by atoms with van der Waals surface area (Å²) in [6.45, 7) is 1.41. The van der Waals surface area contributed by atoms with Gasteiger partial charge in [-0.3, -0.25) is 10.1 Å². The number of aryl methyl sites for hydroxylation is 1. The van der Waals surface area contributed by atoms with E-state index in [1.165, 1.54) is 23.5 Å². The number of rotatable bonds is 6. The van der Waals surface area contributed by atoms with Gasteiger partial charge in [-0.2, -0.15) is 0 Å². The summed E-state index contributed by atoms with van der Waals surface area (Å²) >= 11 is 7.01. The zero-order chi connectivity index (χ0) is 21.9. The number of hydrogen-bond acceptors (Lipinski definition) is 7. The maximum Gasteiger partial charge on any atom is 0.338 e. The van der Waals surface area contributed by atoms with Gasteiger partial charge in [0.1, 0.15) is 4.90 Å². The highest BCUT2D eigenvalue weighted by Crippen LogP contribution is 2.25. The Labute approximate surface area is 181 Å². The molecule has 0 aliphatic rings. The topological polar surface area (TPSA) is 128 Å². The first kappa shape index (κ1) is 21.9. The highest BCUT2D eigenvalue weighted by molar-refractivity contribution is 7.89. The molecule has 0 spiro atoms. The van der Waals surface area contributed by atoms with Gasteiger partial charge >= 0.3 is 5.97 Å². The number of nitrogens with zero attached hydrogens (tertiary/aromatic N) is 1. The Hall–Kier alpha value is -2.79. The molecule has 0 atom stereocenters. The lowest BCUT2D eigenvalue weighted by molar-refractivity contribution is -0.119. The maximum atomic E-state index is 12.1. The predicted molar refractivity (Wildman–Crippen MR) is 114 cm³/mol. The number of anilines is 1. The average molecular weight is 466 g/mol. The van der Waals surface area contributed by atoms with Crippen LogP contribution in [-0.2, 0) is 19.6 Å². The molecular formula is C19H16ClN3O5S2. The lowest BCUT2D eigenvalue weighted by Crippen LogP contribution is -2.21. The Morgan fingerprint density at radius 2 is 1.90 bits per heavy atom. The van der Waals surface area contributed by atoms with E-state index < -0.39 is 33.4 Å². The lowest BCUT2D eigenvalue weighted by atomic mass is 10.1. The van der Waals surface area contributed by atoms with Crippen LogP contribution in [0.25, 0.3) is 11.3 Å². The molecule has 1 amide bonds. The smallest absolute Gasteiger partial charge is 0.338 e. The fourth-order valence-corrected chi connectivity index (χ4v) is 4.21. The molecule has 0 aliphatic heterocycles. The van der Waals surface area contributed by atoms with Crippen molar-refractivity contribution in [3.63, 3.8) is 0 Å². The SMILES string of the molecule is Cc1ccc(-c2csc(NC(=O)COC(=O)c3ccc(Cl)c(S(N)(=O)=O)c3)n2)cc1. The van der Waals surface area contributed by atoms with Crippen LogP contribution in [0.4, 0.5) is 5.13 Å². The second-order valence-corrected chi connectivity index (χ2v) is 9.01. The fourth-order valence-electron chi connectivity index (χ4n) is 2.41. The van der Waals surface area contributed by atoms with Crippen molar-refractivity contribution in [2.75, 3.05) is 11.9 Å². The van der Waals surface area contributed by atoms with Crippen molar-refractivity contribution in [3.8, 4) is 11.3 Å². The van der Waals surface area contributed by atoms with E-state index in [1.54, 1.807) is 5.38 Å². The summed E-state index contributed by atoms with van der Waals surface area (Å²) in [4.78, 5) is 28.1. The van der Waals surface area contributed by atoms with Crippen molar-refractivity contribution in [2.45, 2.75) is 11.8 Å². The molecule has 0 unspecified atom stereocenters. The van der Waals surface area contributed by atoms with Crippen molar-refractivity contribution in [2.24, 2.45) is 5.14 Å². The minimum absolute atomic E-state index is 0.105. The van der Waals surface area contributed by atoms with E-state index in [-0.39, 0.29) is 10.6 Å². The van der Waals surface area contributed by atoms with Crippen LogP contribution in [0.5, 0.6) is 0 Å². The van der Waals surface area contributed by atoms with Crippen molar-refractivity contribution in [3.05, 3.63) is 64.0 Å². The number of nitrogens with one attached hydrogen (secondary N) is 1. The van der Waals surface area contributed by atoms with Gasteiger partial charge in [0.15, 0.2) is 11.7 Å². The second-order valence-electron chi connectivity index (χ2n) is 6.22. The number of carbonyl (C=O) groups excluding carboxylic acids is 2. The molecule has 11 heteroatoms. The summed E-state index contributed by atoms with van der Waals surface area (Å²) in [5.74, 6) is -1.49. The molecule has 8 nitrogen and oxygen atoms in total. The molecule has 1 heterocycles. The van der Waals surface area contributed by atoms with Crippen LogP contribution in [-0.4, -0.2) is 31.9 Å². The van der Waals surface area contributed by atoms with Crippen LogP contribution in [0.2, 0.25) is 5.02 Å². The molecule has 156 valence electrons.